The Kier molecular flexibility index (Phi) is 5.11. The third-order valence-electron chi connectivity index (χ3n) is 4.75. The van der Waals surface area contributed by atoms with Crippen LogP contribution in [0.15, 0.2) is 18.1 Å². The van der Waals surface area contributed by atoms with Gasteiger partial charge in [-0.25, -0.2) is 4.79 Å². The first-order chi connectivity index (χ1) is 11.1. The van der Waals surface area contributed by atoms with E-state index in [0.29, 0.717) is 11.3 Å². The Balaban J connectivity index is 2.31. The molecule has 5 nitrogen and oxygen atoms in total. The molecule has 1 saturated heterocycles. The molecule has 0 saturated carbocycles. The second kappa shape index (κ2) is 6.61. The third kappa shape index (κ3) is 3.49. The Morgan fingerprint density at radius 3 is 2.21 bits per heavy atom. The predicted octanol–water partition coefficient (Wildman–Crippen LogP) is 3.43. The molecule has 1 aliphatic heterocycles. The van der Waals surface area contributed by atoms with Crippen LogP contribution in [0.4, 0.5) is 0 Å². The van der Waals surface area contributed by atoms with Crippen molar-refractivity contribution in [1.82, 2.24) is 0 Å². The van der Waals surface area contributed by atoms with Crippen molar-refractivity contribution in [2.45, 2.75) is 45.8 Å². The molecular weight excluding hydrogens is 307 g/mol. The van der Waals surface area contributed by atoms with Gasteiger partial charge < -0.3 is 18.8 Å². The molecule has 1 aromatic carbocycles. The third-order valence-corrected chi connectivity index (χ3v) is 4.75. The summed E-state index contributed by atoms with van der Waals surface area (Å²) in [5.41, 5.74) is 1.45. The highest BCUT2D eigenvalue weighted by molar-refractivity contribution is 6.52. The SMILES string of the molecule is COC(=O)c1cc(/C=C/B2OC(C)(C)C(C)(C)O2)c(C)c(OC)c1. The number of hydrogen-bond donors (Lipinski definition) is 0. The molecular formula is C18H25BO5. The number of esters is 1. The van der Waals surface area contributed by atoms with Gasteiger partial charge in [-0.05, 0) is 57.9 Å². The molecule has 0 unspecified atom stereocenters. The summed E-state index contributed by atoms with van der Waals surface area (Å²) in [6.45, 7) is 9.96. The second-order valence-corrected chi connectivity index (χ2v) is 6.87. The number of carbonyl (C=O) groups is 1. The molecule has 6 heteroatoms. The van der Waals surface area contributed by atoms with Gasteiger partial charge in [-0.1, -0.05) is 12.1 Å². The molecule has 1 aliphatic rings. The fourth-order valence-corrected chi connectivity index (χ4v) is 2.48. The van der Waals surface area contributed by atoms with E-state index in [4.69, 9.17) is 18.8 Å². The van der Waals surface area contributed by atoms with Gasteiger partial charge in [0.2, 0.25) is 0 Å². The van der Waals surface area contributed by atoms with Crippen LogP contribution in [0.1, 0.15) is 49.2 Å². The fraction of sp³-hybridized carbons (Fsp3) is 0.500. The zero-order valence-corrected chi connectivity index (χ0v) is 15.4. The van der Waals surface area contributed by atoms with Gasteiger partial charge >= 0.3 is 13.1 Å². The summed E-state index contributed by atoms with van der Waals surface area (Å²) in [5.74, 6) is 2.07. The molecule has 130 valence electrons. The van der Waals surface area contributed by atoms with Crippen LogP contribution >= 0.6 is 0 Å². The maximum atomic E-state index is 11.8. The van der Waals surface area contributed by atoms with Crippen LogP contribution in [0.25, 0.3) is 6.08 Å². The van der Waals surface area contributed by atoms with E-state index in [1.807, 2.05) is 46.7 Å². The van der Waals surface area contributed by atoms with Crippen molar-refractivity contribution in [2.24, 2.45) is 0 Å². The van der Waals surface area contributed by atoms with E-state index in [2.05, 4.69) is 0 Å². The highest BCUT2D eigenvalue weighted by atomic mass is 16.7. The number of ether oxygens (including phenoxy) is 2. The van der Waals surface area contributed by atoms with Crippen LogP contribution in [-0.2, 0) is 14.0 Å². The Labute approximate surface area is 144 Å². The summed E-state index contributed by atoms with van der Waals surface area (Å²) in [6.07, 6.45) is 1.88. The minimum atomic E-state index is -0.442. The molecule has 1 aromatic rings. The summed E-state index contributed by atoms with van der Waals surface area (Å²) in [4.78, 5) is 11.8. The number of hydrogen-bond acceptors (Lipinski definition) is 5. The minimum Gasteiger partial charge on any atom is -0.496 e. The average Bonchev–Trinajstić information content (AvgIpc) is 2.72. The van der Waals surface area contributed by atoms with Crippen molar-refractivity contribution in [2.75, 3.05) is 14.2 Å². The standard InChI is InChI=1S/C18H25BO5/c1-12-13(10-14(16(20)22-7)11-15(12)21-6)8-9-19-23-17(2,3)18(4,5)24-19/h8-11H,1-7H3/b9-8+. The van der Waals surface area contributed by atoms with Gasteiger partial charge in [0.15, 0.2) is 0 Å². The van der Waals surface area contributed by atoms with Crippen LogP contribution in [-0.4, -0.2) is 38.5 Å². The molecule has 1 heterocycles. The van der Waals surface area contributed by atoms with Crippen molar-refractivity contribution in [3.8, 4) is 5.75 Å². The molecule has 0 spiro atoms. The van der Waals surface area contributed by atoms with Crippen LogP contribution in [0.2, 0.25) is 0 Å². The molecule has 0 atom stereocenters. The Bertz CT molecular complexity index is 648. The summed E-state index contributed by atoms with van der Waals surface area (Å²) >= 11 is 0. The monoisotopic (exact) mass is 332 g/mol. The van der Waals surface area contributed by atoms with Gasteiger partial charge in [0, 0.05) is 0 Å². The molecule has 2 rings (SSSR count). The van der Waals surface area contributed by atoms with Gasteiger partial charge in [0.05, 0.1) is 31.0 Å². The molecule has 24 heavy (non-hydrogen) atoms. The largest absolute Gasteiger partial charge is 0.496 e. The van der Waals surface area contributed by atoms with Gasteiger partial charge in [0.25, 0.3) is 0 Å². The van der Waals surface area contributed by atoms with Crippen molar-refractivity contribution >= 4 is 19.2 Å². The lowest BCUT2D eigenvalue weighted by Crippen LogP contribution is -2.41. The van der Waals surface area contributed by atoms with Gasteiger partial charge in [-0.2, -0.15) is 0 Å². The first-order valence-electron chi connectivity index (χ1n) is 7.92. The Morgan fingerprint density at radius 2 is 1.71 bits per heavy atom. The highest BCUT2D eigenvalue weighted by Gasteiger charge is 2.50. The maximum Gasteiger partial charge on any atom is 0.487 e. The second-order valence-electron chi connectivity index (χ2n) is 6.87. The van der Waals surface area contributed by atoms with E-state index in [-0.39, 0.29) is 11.2 Å². The quantitative estimate of drug-likeness (QED) is 0.624. The van der Waals surface area contributed by atoms with Crippen molar-refractivity contribution < 1.29 is 23.6 Å². The lowest BCUT2D eigenvalue weighted by Gasteiger charge is -2.32. The summed E-state index contributed by atoms with van der Waals surface area (Å²) < 4.78 is 22.0. The zero-order chi connectivity index (χ0) is 18.1. The van der Waals surface area contributed by atoms with Crippen LogP contribution in [0.5, 0.6) is 5.75 Å². The summed E-state index contributed by atoms with van der Waals surface area (Å²) in [6, 6.07) is 3.44. The van der Waals surface area contributed by atoms with E-state index in [1.165, 1.54) is 7.11 Å². The lowest BCUT2D eigenvalue weighted by atomic mass is 9.88. The fourth-order valence-electron chi connectivity index (χ4n) is 2.48. The van der Waals surface area contributed by atoms with E-state index in [9.17, 15) is 4.79 Å². The van der Waals surface area contributed by atoms with Crippen molar-refractivity contribution in [3.05, 3.63) is 34.8 Å². The van der Waals surface area contributed by atoms with Crippen LogP contribution in [0, 0.1) is 6.92 Å². The summed E-state index contributed by atoms with van der Waals surface area (Å²) in [7, 11) is 2.49. The number of methoxy groups -OCH3 is 2. The van der Waals surface area contributed by atoms with Crippen LogP contribution < -0.4 is 4.74 Å². The van der Waals surface area contributed by atoms with E-state index in [1.54, 1.807) is 19.2 Å². The van der Waals surface area contributed by atoms with E-state index in [0.717, 1.165) is 11.1 Å². The molecule has 0 aliphatic carbocycles. The summed E-state index contributed by atoms with van der Waals surface area (Å²) in [5, 5.41) is 0. The number of carbonyl (C=O) groups excluding carboxylic acids is 1. The first kappa shape index (κ1) is 18.6. The van der Waals surface area contributed by atoms with Gasteiger partial charge in [-0.15, -0.1) is 0 Å². The molecule has 0 radical (unpaired) electrons. The smallest absolute Gasteiger partial charge is 0.487 e. The normalized spacial score (nSPS) is 18.9. The topological polar surface area (TPSA) is 54.0 Å². The maximum absolute atomic E-state index is 11.8. The van der Waals surface area contributed by atoms with Gasteiger partial charge in [-0.3, -0.25) is 0 Å². The van der Waals surface area contributed by atoms with Crippen LogP contribution in [0.3, 0.4) is 0 Å². The van der Waals surface area contributed by atoms with E-state index < -0.39 is 13.1 Å². The van der Waals surface area contributed by atoms with E-state index >= 15 is 0 Å². The Hall–Kier alpha value is -1.79. The van der Waals surface area contributed by atoms with Crippen molar-refractivity contribution in [3.63, 3.8) is 0 Å². The molecule has 0 N–H and O–H groups in total. The minimum absolute atomic E-state index is 0.386. The first-order valence-corrected chi connectivity index (χ1v) is 7.92. The molecule has 0 aromatic heterocycles. The number of benzene rings is 1. The number of rotatable bonds is 4. The average molecular weight is 332 g/mol. The van der Waals surface area contributed by atoms with Gasteiger partial charge in [0.1, 0.15) is 5.75 Å². The lowest BCUT2D eigenvalue weighted by molar-refractivity contribution is 0.00578. The molecule has 0 bridgehead atoms. The predicted molar refractivity (Wildman–Crippen MR) is 94.2 cm³/mol. The molecule has 0 amide bonds. The molecule has 1 fully saturated rings. The zero-order valence-electron chi connectivity index (χ0n) is 15.4. The Morgan fingerprint density at radius 1 is 1.12 bits per heavy atom. The van der Waals surface area contributed by atoms with Crippen molar-refractivity contribution in [1.29, 1.82) is 0 Å². The highest BCUT2D eigenvalue weighted by Crippen LogP contribution is 2.37.